The molecule has 0 spiro atoms. The number of hydrogen-bond acceptors (Lipinski definition) is 2. The molecule has 0 aromatic carbocycles. The van der Waals surface area contributed by atoms with Crippen LogP contribution >= 0.6 is 0 Å². The summed E-state index contributed by atoms with van der Waals surface area (Å²) in [5, 5.41) is 2.88. The second-order valence-corrected chi connectivity index (χ2v) is 6.26. The van der Waals surface area contributed by atoms with Crippen LogP contribution in [0.15, 0.2) is 10.9 Å². The highest BCUT2D eigenvalue weighted by atomic mass is 16.2. The minimum Gasteiger partial charge on any atom is -0.351 e. The van der Waals surface area contributed by atoms with Gasteiger partial charge in [0.05, 0.1) is 0 Å². The van der Waals surface area contributed by atoms with Crippen LogP contribution in [-0.4, -0.2) is 10.5 Å². The Bertz CT molecular complexity index is 565. The first-order chi connectivity index (χ1) is 8.80. The molecule has 1 aliphatic rings. The Morgan fingerprint density at radius 2 is 2.11 bits per heavy atom. The fourth-order valence-electron chi connectivity index (χ4n) is 2.50. The zero-order chi connectivity index (χ0) is 14.2. The van der Waals surface area contributed by atoms with Crippen molar-refractivity contribution in [2.75, 3.05) is 0 Å². The van der Waals surface area contributed by atoms with Gasteiger partial charge >= 0.3 is 0 Å². The number of pyridine rings is 1. The van der Waals surface area contributed by atoms with E-state index in [4.69, 9.17) is 0 Å². The molecule has 19 heavy (non-hydrogen) atoms. The topological polar surface area (TPSA) is 51.1 Å². The van der Waals surface area contributed by atoms with Gasteiger partial charge in [0.1, 0.15) is 0 Å². The Morgan fingerprint density at radius 1 is 1.42 bits per heavy atom. The molecule has 0 fully saturated rings. The number of aryl methyl sites for hydroxylation is 1. The summed E-state index contributed by atoms with van der Waals surface area (Å²) in [5.74, 6) is -0.0239. The maximum absolute atomic E-state index is 12.1. The Hall–Kier alpha value is -1.58. The number of aromatic nitrogens is 1. The van der Waals surface area contributed by atoms with E-state index in [1.165, 1.54) is 0 Å². The molecular formula is C15H22N2O2. The lowest BCUT2D eigenvalue weighted by atomic mass is 9.95. The van der Waals surface area contributed by atoms with E-state index in [1.54, 1.807) is 6.07 Å². The molecule has 1 aromatic heterocycles. The lowest BCUT2D eigenvalue weighted by Crippen LogP contribution is -2.36. The Morgan fingerprint density at radius 3 is 2.74 bits per heavy atom. The van der Waals surface area contributed by atoms with Crippen molar-refractivity contribution in [2.45, 2.75) is 53.6 Å². The highest BCUT2D eigenvalue weighted by molar-refractivity contribution is 5.81. The lowest BCUT2D eigenvalue weighted by Gasteiger charge is -2.19. The second kappa shape index (κ2) is 4.83. The summed E-state index contributed by atoms with van der Waals surface area (Å²) in [4.78, 5) is 24.0. The van der Waals surface area contributed by atoms with Gasteiger partial charge in [-0.25, -0.2) is 0 Å². The highest BCUT2D eigenvalue weighted by Crippen LogP contribution is 2.19. The highest BCUT2D eigenvalue weighted by Gasteiger charge is 2.23. The van der Waals surface area contributed by atoms with Crippen molar-refractivity contribution in [2.24, 2.45) is 5.41 Å². The molecule has 0 saturated heterocycles. The smallest absolute Gasteiger partial charge is 0.225 e. The van der Waals surface area contributed by atoms with Gasteiger partial charge in [0.2, 0.25) is 5.91 Å². The van der Waals surface area contributed by atoms with Crippen LogP contribution in [0.3, 0.4) is 0 Å². The molecule has 104 valence electrons. The number of carbonyl (C=O) groups is 1. The number of nitrogens with zero attached hydrogens (tertiary/aromatic N) is 1. The van der Waals surface area contributed by atoms with Crippen LogP contribution in [-0.2, 0) is 24.3 Å². The minimum absolute atomic E-state index is 0.0239. The van der Waals surface area contributed by atoms with Gasteiger partial charge in [0.25, 0.3) is 0 Å². The summed E-state index contributed by atoms with van der Waals surface area (Å²) < 4.78 is 2.19. The van der Waals surface area contributed by atoms with Crippen molar-refractivity contribution in [3.63, 3.8) is 0 Å². The first-order valence-electron chi connectivity index (χ1n) is 6.81. The van der Waals surface area contributed by atoms with Crippen LogP contribution in [0.1, 0.15) is 44.1 Å². The van der Waals surface area contributed by atoms with Crippen molar-refractivity contribution < 1.29 is 4.79 Å². The van der Waals surface area contributed by atoms with Crippen LogP contribution < -0.4 is 10.7 Å². The number of amides is 1. The summed E-state index contributed by atoms with van der Waals surface area (Å²) in [5.41, 5.74) is 2.48. The monoisotopic (exact) mass is 262 g/mol. The maximum atomic E-state index is 12.1. The summed E-state index contributed by atoms with van der Waals surface area (Å²) in [6, 6.07) is 1.67. The molecule has 1 aromatic rings. The fourth-order valence-corrected chi connectivity index (χ4v) is 2.50. The van der Waals surface area contributed by atoms with Crippen LogP contribution in [0, 0.1) is 12.3 Å². The van der Waals surface area contributed by atoms with Crippen LogP contribution in [0.5, 0.6) is 0 Å². The third kappa shape index (κ3) is 2.72. The zero-order valence-corrected chi connectivity index (χ0v) is 12.2. The average Bonchev–Trinajstić information content (AvgIpc) is 2.76. The average molecular weight is 262 g/mol. The van der Waals surface area contributed by atoms with Gasteiger partial charge in [-0.1, -0.05) is 20.8 Å². The zero-order valence-electron chi connectivity index (χ0n) is 12.2. The molecule has 4 nitrogen and oxygen atoms in total. The third-order valence-electron chi connectivity index (χ3n) is 3.64. The number of hydrogen-bond donors (Lipinski definition) is 1. The molecule has 0 radical (unpaired) electrons. The summed E-state index contributed by atoms with van der Waals surface area (Å²) >= 11 is 0. The van der Waals surface area contributed by atoms with E-state index in [-0.39, 0.29) is 11.3 Å². The molecule has 1 amide bonds. The standard InChI is InChI=1S/C15H22N2O2/c1-10-8-13(18)11(12-6-5-7-17(10)12)9-16-14(19)15(2,3)4/h8H,5-7,9H2,1-4H3,(H,16,19). The molecule has 0 aliphatic carbocycles. The Kier molecular flexibility index (Phi) is 3.52. The first kappa shape index (κ1) is 13.8. The first-order valence-corrected chi connectivity index (χ1v) is 6.81. The second-order valence-electron chi connectivity index (χ2n) is 6.26. The molecule has 0 atom stereocenters. The van der Waals surface area contributed by atoms with Crippen molar-refractivity contribution in [3.8, 4) is 0 Å². The van der Waals surface area contributed by atoms with Crippen molar-refractivity contribution in [3.05, 3.63) is 33.2 Å². The molecule has 4 heteroatoms. The predicted molar refractivity (Wildman–Crippen MR) is 75.1 cm³/mol. The van der Waals surface area contributed by atoms with E-state index in [9.17, 15) is 9.59 Å². The predicted octanol–water partition coefficient (Wildman–Crippen LogP) is 1.77. The van der Waals surface area contributed by atoms with Gasteiger partial charge in [-0.3, -0.25) is 9.59 Å². The fraction of sp³-hybridized carbons (Fsp3) is 0.600. The summed E-state index contributed by atoms with van der Waals surface area (Å²) in [7, 11) is 0. The molecule has 2 heterocycles. The van der Waals surface area contributed by atoms with Gasteiger partial charge in [-0.2, -0.15) is 0 Å². The molecular weight excluding hydrogens is 240 g/mol. The van der Waals surface area contributed by atoms with E-state index < -0.39 is 5.41 Å². The van der Waals surface area contributed by atoms with E-state index in [2.05, 4.69) is 9.88 Å². The van der Waals surface area contributed by atoms with Crippen LogP contribution in [0.2, 0.25) is 0 Å². The summed E-state index contributed by atoms with van der Waals surface area (Å²) in [6.45, 7) is 8.89. The normalized spacial score (nSPS) is 14.3. The Balaban J connectivity index is 2.25. The Labute approximate surface area is 113 Å². The molecule has 1 N–H and O–H groups in total. The number of fused-ring (bicyclic) bond motifs is 1. The van der Waals surface area contributed by atoms with E-state index in [0.29, 0.717) is 6.54 Å². The van der Waals surface area contributed by atoms with Crippen LogP contribution in [0.25, 0.3) is 0 Å². The number of nitrogens with one attached hydrogen (secondary N) is 1. The molecule has 0 unspecified atom stereocenters. The quantitative estimate of drug-likeness (QED) is 0.883. The van der Waals surface area contributed by atoms with E-state index in [1.807, 2.05) is 27.7 Å². The third-order valence-corrected chi connectivity index (χ3v) is 3.64. The van der Waals surface area contributed by atoms with Gasteiger partial charge in [0, 0.05) is 41.5 Å². The molecule has 1 aliphatic heterocycles. The maximum Gasteiger partial charge on any atom is 0.225 e. The number of rotatable bonds is 2. The van der Waals surface area contributed by atoms with Crippen molar-refractivity contribution in [1.82, 2.24) is 9.88 Å². The summed E-state index contributed by atoms with van der Waals surface area (Å²) in [6.07, 6.45) is 2.00. The molecule has 2 rings (SSSR count). The van der Waals surface area contributed by atoms with E-state index in [0.717, 1.165) is 36.3 Å². The van der Waals surface area contributed by atoms with Crippen LogP contribution in [0.4, 0.5) is 0 Å². The molecule has 0 bridgehead atoms. The lowest BCUT2D eigenvalue weighted by molar-refractivity contribution is -0.128. The SMILES string of the molecule is Cc1cc(=O)c(CNC(=O)C(C)(C)C)c2n1CCC2. The van der Waals surface area contributed by atoms with Gasteiger partial charge in [-0.15, -0.1) is 0 Å². The van der Waals surface area contributed by atoms with E-state index >= 15 is 0 Å². The number of carbonyl (C=O) groups excluding carboxylic acids is 1. The van der Waals surface area contributed by atoms with Gasteiger partial charge in [0.15, 0.2) is 5.43 Å². The largest absolute Gasteiger partial charge is 0.351 e. The van der Waals surface area contributed by atoms with Gasteiger partial charge in [-0.05, 0) is 19.8 Å². The van der Waals surface area contributed by atoms with Crippen molar-refractivity contribution >= 4 is 5.91 Å². The van der Waals surface area contributed by atoms with Gasteiger partial charge < -0.3 is 9.88 Å². The molecule has 0 saturated carbocycles. The minimum atomic E-state index is -0.427. The van der Waals surface area contributed by atoms with Crippen molar-refractivity contribution in [1.29, 1.82) is 0 Å².